The second kappa shape index (κ2) is 7.89. The summed E-state index contributed by atoms with van der Waals surface area (Å²) in [5, 5.41) is 12.1. The van der Waals surface area contributed by atoms with Gasteiger partial charge in [0.15, 0.2) is 6.61 Å². The molecule has 136 valence electrons. The number of aromatic nitrogens is 1. The van der Waals surface area contributed by atoms with E-state index in [9.17, 15) is 14.9 Å². The molecule has 0 bridgehead atoms. The van der Waals surface area contributed by atoms with Crippen LogP contribution in [0.1, 0.15) is 34.5 Å². The van der Waals surface area contributed by atoms with E-state index in [1.54, 1.807) is 36.0 Å². The molecular formula is C18H19N3O5. The maximum atomic E-state index is 12.3. The average molecular weight is 357 g/mol. The molecule has 1 atom stereocenters. The number of nitriles is 1. The van der Waals surface area contributed by atoms with Crippen molar-refractivity contribution in [1.29, 1.82) is 5.26 Å². The molecule has 3 rings (SSSR count). The van der Waals surface area contributed by atoms with Crippen LogP contribution in [0, 0.1) is 18.3 Å². The summed E-state index contributed by atoms with van der Waals surface area (Å²) in [6.07, 6.45) is 5.30. The Hall–Kier alpha value is -3.05. The Balaban J connectivity index is 1.62. The molecule has 1 N–H and O–H groups in total. The fourth-order valence-corrected chi connectivity index (χ4v) is 2.82. The standard InChI is InChI=1S/C18H19N3O5/c1-12-16(14(9-19)17(26-12)21-6-2-3-7-21)18(23)25-11-15(22)20-10-13-5-4-8-24-13/h2-3,6-7,13H,4-5,8,10-11H2,1H3,(H,20,22)/t13-/m1/s1. The minimum absolute atomic E-state index is 0.0140. The van der Waals surface area contributed by atoms with Gasteiger partial charge in [-0.15, -0.1) is 0 Å². The Morgan fingerprint density at radius 2 is 2.19 bits per heavy atom. The number of nitrogens with one attached hydrogen (secondary N) is 1. The minimum Gasteiger partial charge on any atom is -0.452 e. The first-order valence-electron chi connectivity index (χ1n) is 8.32. The number of nitrogens with zero attached hydrogens (tertiary/aromatic N) is 2. The van der Waals surface area contributed by atoms with E-state index in [-0.39, 0.29) is 28.9 Å². The number of furan rings is 1. The average Bonchev–Trinajstić information content (AvgIpc) is 3.37. The van der Waals surface area contributed by atoms with Crippen LogP contribution in [0.2, 0.25) is 0 Å². The summed E-state index contributed by atoms with van der Waals surface area (Å²) in [6, 6.07) is 5.52. The van der Waals surface area contributed by atoms with E-state index in [1.165, 1.54) is 0 Å². The third kappa shape index (κ3) is 3.78. The van der Waals surface area contributed by atoms with E-state index in [2.05, 4.69) is 5.32 Å². The van der Waals surface area contributed by atoms with Gasteiger partial charge in [-0.2, -0.15) is 5.26 Å². The molecule has 2 aromatic heterocycles. The second-order valence-corrected chi connectivity index (χ2v) is 5.93. The van der Waals surface area contributed by atoms with E-state index in [1.807, 2.05) is 6.07 Å². The zero-order valence-corrected chi connectivity index (χ0v) is 14.4. The van der Waals surface area contributed by atoms with Crippen molar-refractivity contribution in [1.82, 2.24) is 9.88 Å². The SMILES string of the molecule is Cc1oc(-n2cccc2)c(C#N)c1C(=O)OCC(=O)NC[C@H]1CCCO1. The Labute approximate surface area is 150 Å². The van der Waals surface area contributed by atoms with Crippen molar-refractivity contribution >= 4 is 11.9 Å². The number of esters is 1. The molecule has 0 aromatic carbocycles. The van der Waals surface area contributed by atoms with Crippen LogP contribution < -0.4 is 5.32 Å². The van der Waals surface area contributed by atoms with E-state index in [4.69, 9.17) is 13.9 Å². The van der Waals surface area contributed by atoms with Crippen LogP contribution in [0.4, 0.5) is 0 Å². The molecule has 0 aliphatic carbocycles. The summed E-state index contributed by atoms with van der Waals surface area (Å²) in [5.74, 6) is -0.688. The van der Waals surface area contributed by atoms with Crippen LogP contribution in [0.5, 0.6) is 0 Å². The van der Waals surface area contributed by atoms with Crippen molar-refractivity contribution in [2.75, 3.05) is 19.8 Å². The molecule has 1 aliphatic heterocycles. The zero-order chi connectivity index (χ0) is 18.5. The third-order valence-corrected chi connectivity index (χ3v) is 4.11. The molecule has 1 aliphatic rings. The van der Waals surface area contributed by atoms with E-state index in [0.29, 0.717) is 13.2 Å². The Morgan fingerprint density at radius 1 is 1.42 bits per heavy atom. The van der Waals surface area contributed by atoms with Gasteiger partial charge in [0.05, 0.1) is 6.10 Å². The first-order valence-corrected chi connectivity index (χ1v) is 8.32. The molecule has 8 heteroatoms. The van der Waals surface area contributed by atoms with Gasteiger partial charge in [-0.25, -0.2) is 4.79 Å². The molecule has 0 saturated carbocycles. The number of aryl methyl sites for hydroxylation is 1. The summed E-state index contributed by atoms with van der Waals surface area (Å²) in [6.45, 7) is 2.24. The summed E-state index contributed by atoms with van der Waals surface area (Å²) < 4.78 is 17.6. The molecule has 1 fully saturated rings. The monoisotopic (exact) mass is 357 g/mol. The Kier molecular flexibility index (Phi) is 5.39. The number of carbonyl (C=O) groups excluding carboxylic acids is 2. The molecule has 3 heterocycles. The maximum Gasteiger partial charge on any atom is 0.343 e. The zero-order valence-electron chi connectivity index (χ0n) is 14.4. The van der Waals surface area contributed by atoms with Gasteiger partial charge in [0.25, 0.3) is 5.91 Å². The van der Waals surface area contributed by atoms with Gasteiger partial charge in [0, 0.05) is 25.5 Å². The van der Waals surface area contributed by atoms with Crippen molar-refractivity contribution in [3.8, 4) is 12.0 Å². The molecule has 0 radical (unpaired) electrons. The lowest BCUT2D eigenvalue weighted by molar-refractivity contribution is -0.124. The van der Waals surface area contributed by atoms with Crippen LogP contribution in [0.25, 0.3) is 5.88 Å². The molecule has 26 heavy (non-hydrogen) atoms. The molecular weight excluding hydrogens is 338 g/mol. The third-order valence-electron chi connectivity index (χ3n) is 4.11. The van der Waals surface area contributed by atoms with Crippen LogP contribution in [-0.2, 0) is 14.3 Å². The number of hydrogen-bond donors (Lipinski definition) is 1. The molecule has 1 amide bonds. The maximum absolute atomic E-state index is 12.3. The van der Waals surface area contributed by atoms with Gasteiger partial charge >= 0.3 is 5.97 Å². The van der Waals surface area contributed by atoms with Gasteiger partial charge in [0.2, 0.25) is 5.88 Å². The predicted molar refractivity (Wildman–Crippen MR) is 89.8 cm³/mol. The summed E-state index contributed by atoms with van der Waals surface area (Å²) >= 11 is 0. The minimum atomic E-state index is -0.770. The molecule has 0 unspecified atom stereocenters. The Morgan fingerprint density at radius 3 is 2.85 bits per heavy atom. The lowest BCUT2D eigenvalue weighted by Gasteiger charge is -2.10. The van der Waals surface area contributed by atoms with Gasteiger partial charge in [0.1, 0.15) is 23.0 Å². The smallest absolute Gasteiger partial charge is 0.343 e. The first kappa shape index (κ1) is 17.8. The van der Waals surface area contributed by atoms with E-state index < -0.39 is 18.5 Å². The number of rotatable bonds is 6. The van der Waals surface area contributed by atoms with Crippen LogP contribution in [0.15, 0.2) is 28.9 Å². The van der Waals surface area contributed by atoms with Crippen molar-refractivity contribution in [3.05, 3.63) is 41.4 Å². The Bertz CT molecular complexity index is 826. The summed E-state index contributed by atoms with van der Waals surface area (Å²) in [7, 11) is 0. The largest absolute Gasteiger partial charge is 0.452 e. The lowest BCUT2D eigenvalue weighted by atomic mass is 10.1. The highest BCUT2D eigenvalue weighted by molar-refractivity contribution is 5.95. The topological polar surface area (TPSA) is 106 Å². The van der Waals surface area contributed by atoms with Gasteiger partial charge < -0.3 is 19.2 Å². The van der Waals surface area contributed by atoms with Gasteiger partial charge in [-0.1, -0.05) is 0 Å². The quantitative estimate of drug-likeness (QED) is 0.789. The summed E-state index contributed by atoms with van der Waals surface area (Å²) in [5.41, 5.74) is 0.103. The molecule has 8 nitrogen and oxygen atoms in total. The molecule has 0 spiro atoms. The summed E-state index contributed by atoms with van der Waals surface area (Å²) in [4.78, 5) is 24.2. The fourth-order valence-electron chi connectivity index (χ4n) is 2.82. The van der Waals surface area contributed by atoms with Crippen molar-refractivity contribution < 1.29 is 23.5 Å². The highest BCUT2D eigenvalue weighted by Crippen LogP contribution is 2.26. The highest BCUT2D eigenvalue weighted by atomic mass is 16.5. The van der Waals surface area contributed by atoms with Crippen LogP contribution in [-0.4, -0.2) is 42.3 Å². The van der Waals surface area contributed by atoms with Crippen LogP contribution in [0.3, 0.4) is 0 Å². The second-order valence-electron chi connectivity index (χ2n) is 5.93. The number of carbonyl (C=O) groups is 2. The fraction of sp³-hybridized carbons (Fsp3) is 0.389. The highest BCUT2D eigenvalue weighted by Gasteiger charge is 2.26. The normalized spacial score (nSPS) is 16.2. The molecule has 1 saturated heterocycles. The molecule has 2 aromatic rings. The van der Waals surface area contributed by atoms with Crippen molar-refractivity contribution in [3.63, 3.8) is 0 Å². The van der Waals surface area contributed by atoms with Crippen molar-refractivity contribution in [2.24, 2.45) is 0 Å². The number of hydrogen-bond acceptors (Lipinski definition) is 6. The van der Waals surface area contributed by atoms with Gasteiger partial charge in [-0.05, 0) is 31.9 Å². The predicted octanol–water partition coefficient (Wildman–Crippen LogP) is 1.70. The van der Waals surface area contributed by atoms with Gasteiger partial charge in [-0.3, -0.25) is 9.36 Å². The van der Waals surface area contributed by atoms with Crippen molar-refractivity contribution in [2.45, 2.75) is 25.9 Å². The van der Waals surface area contributed by atoms with E-state index >= 15 is 0 Å². The lowest BCUT2D eigenvalue weighted by Crippen LogP contribution is -2.34. The number of amides is 1. The van der Waals surface area contributed by atoms with Crippen LogP contribution >= 0.6 is 0 Å². The number of ether oxygens (including phenoxy) is 2. The van der Waals surface area contributed by atoms with E-state index in [0.717, 1.165) is 12.8 Å². The first-order chi connectivity index (χ1) is 12.6.